The Morgan fingerprint density at radius 2 is 1.88 bits per heavy atom. The summed E-state index contributed by atoms with van der Waals surface area (Å²) >= 11 is 0. The molecule has 0 amide bonds. The van der Waals surface area contributed by atoms with Crippen molar-refractivity contribution in [1.29, 1.82) is 0 Å². The van der Waals surface area contributed by atoms with Crippen LogP contribution in [0.1, 0.15) is 43.5 Å². The number of hydrogen-bond donors (Lipinski definition) is 2. The van der Waals surface area contributed by atoms with Gasteiger partial charge in [-0.05, 0) is 31.0 Å². The van der Waals surface area contributed by atoms with Crippen LogP contribution < -0.4 is 16.2 Å². The van der Waals surface area contributed by atoms with E-state index in [2.05, 4.69) is 21.8 Å². The third kappa shape index (κ3) is 10.0. The Kier molecular flexibility index (Phi) is 11.2. The van der Waals surface area contributed by atoms with Crippen LogP contribution in [0.2, 0.25) is 0 Å². The Morgan fingerprint density at radius 1 is 1.15 bits per heavy atom. The molecule has 1 aromatic heterocycles. The molecule has 216 valence electrons. The van der Waals surface area contributed by atoms with Gasteiger partial charge in [-0.1, -0.05) is 36.9 Å². The highest BCUT2D eigenvalue weighted by molar-refractivity contribution is 5.89. The van der Waals surface area contributed by atoms with Gasteiger partial charge in [0.2, 0.25) is 11.8 Å². The van der Waals surface area contributed by atoms with Crippen molar-refractivity contribution >= 4 is 23.9 Å². The van der Waals surface area contributed by atoms with Crippen LogP contribution in [0.25, 0.3) is 0 Å². The SMILES string of the molecule is C=CCOC(=O)C(C)(C)COC(=O)O/C(C)=N/N=C(N)C(N)c1cccc(COc2cc(C(F)(F)F)ccn2)c1. The van der Waals surface area contributed by atoms with Crippen LogP contribution in [0.4, 0.5) is 18.0 Å². The zero-order valence-electron chi connectivity index (χ0n) is 22.1. The van der Waals surface area contributed by atoms with Crippen LogP contribution in [0, 0.1) is 5.41 Å². The number of carbonyl (C=O) groups excluding carboxylic acids is 2. The minimum absolute atomic E-state index is 0.0232. The molecule has 1 heterocycles. The molecule has 1 atom stereocenters. The molecule has 0 aliphatic carbocycles. The summed E-state index contributed by atoms with van der Waals surface area (Å²) < 4.78 is 58.8. The number of nitrogens with two attached hydrogens (primary N) is 2. The number of esters is 1. The third-order valence-electron chi connectivity index (χ3n) is 5.05. The number of rotatable bonds is 11. The first kappa shape index (κ1) is 31.8. The molecule has 0 radical (unpaired) electrons. The van der Waals surface area contributed by atoms with Gasteiger partial charge in [0.25, 0.3) is 0 Å². The fraction of sp³-hybridized carbons (Fsp3) is 0.346. The maximum Gasteiger partial charge on any atom is 0.515 e. The van der Waals surface area contributed by atoms with Crippen molar-refractivity contribution in [3.63, 3.8) is 0 Å². The van der Waals surface area contributed by atoms with E-state index in [9.17, 15) is 22.8 Å². The molecule has 0 aliphatic heterocycles. The zero-order valence-corrected chi connectivity index (χ0v) is 22.1. The average molecular weight is 566 g/mol. The molecule has 0 saturated heterocycles. The lowest BCUT2D eigenvalue weighted by molar-refractivity contribution is -0.155. The van der Waals surface area contributed by atoms with E-state index in [-0.39, 0.29) is 37.4 Å². The largest absolute Gasteiger partial charge is 0.515 e. The van der Waals surface area contributed by atoms with E-state index in [1.54, 1.807) is 24.3 Å². The molecule has 0 saturated carbocycles. The highest BCUT2D eigenvalue weighted by atomic mass is 19.4. The van der Waals surface area contributed by atoms with Crippen LogP contribution >= 0.6 is 0 Å². The Morgan fingerprint density at radius 3 is 2.55 bits per heavy atom. The predicted molar refractivity (Wildman–Crippen MR) is 139 cm³/mol. The highest BCUT2D eigenvalue weighted by Gasteiger charge is 2.32. The molecule has 1 unspecified atom stereocenters. The Hall–Kier alpha value is -4.46. The number of aromatic nitrogens is 1. The standard InChI is InChI=1S/C26H30F3N5O6/c1-5-11-37-23(35)25(3,4)15-39-24(36)40-16(2)33-34-22(31)21(30)18-8-6-7-17(12-18)14-38-20-13-19(9-10-32-20)26(27,28)29/h5-10,12-13,21H,1,11,14-15,30H2,2-4H3,(H2,31,34)/b33-16+. The molecule has 0 bridgehead atoms. The molecule has 0 fully saturated rings. The second kappa shape index (κ2) is 14.1. The van der Waals surface area contributed by atoms with Crippen LogP contribution in [0.5, 0.6) is 5.88 Å². The number of nitrogens with zero attached hydrogens (tertiary/aromatic N) is 3. The number of hydrogen-bond acceptors (Lipinski definition) is 10. The number of benzene rings is 1. The van der Waals surface area contributed by atoms with Gasteiger partial charge >= 0.3 is 18.3 Å². The topological polar surface area (TPSA) is 161 Å². The van der Waals surface area contributed by atoms with Crippen LogP contribution in [0.3, 0.4) is 0 Å². The molecule has 2 aromatic rings. The minimum Gasteiger partial charge on any atom is -0.473 e. The number of pyridine rings is 1. The second-order valence-corrected chi connectivity index (χ2v) is 8.95. The Balaban J connectivity index is 1.95. The first-order valence-corrected chi connectivity index (χ1v) is 11.7. The van der Waals surface area contributed by atoms with E-state index in [0.29, 0.717) is 11.1 Å². The van der Waals surface area contributed by atoms with Crippen molar-refractivity contribution < 1.29 is 41.7 Å². The van der Waals surface area contributed by atoms with E-state index >= 15 is 0 Å². The highest BCUT2D eigenvalue weighted by Crippen LogP contribution is 2.30. The van der Waals surface area contributed by atoms with Crippen LogP contribution in [-0.2, 0) is 31.8 Å². The summed E-state index contributed by atoms with van der Waals surface area (Å²) in [6, 6.07) is 7.36. The number of halogens is 3. The van der Waals surface area contributed by atoms with E-state index in [4.69, 9.17) is 30.4 Å². The molecular weight excluding hydrogens is 535 g/mol. The van der Waals surface area contributed by atoms with Gasteiger partial charge in [0.05, 0.1) is 17.0 Å². The smallest absolute Gasteiger partial charge is 0.473 e. The maximum atomic E-state index is 12.9. The van der Waals surface area contributed by atoms with E-state index < -0.39 is 35.3 Å². The molecule has 40 heavy (non-hydrogen) atoms. The van der Waals surface area contributed by atoms with Gasteiger partial charge in [-0.15, -0.1) is 10.2 Å². The van der Waals surface area contributed by atoms with Gasteiger partial charge in [0.15, 0.2) is 0 Å². The molecular formula is C26H30F3N5O6. The van der Waals surface area contributed by atoms with Crippen molar-refractivity contribution in [2.75, 3.05) is 13.2 Å². The summed E-state index contributed by atoms with van der Waals surface area (Å²) in [5.74, 6) is -1.10. The number of ether oxygens (including phenoxy) is 4. The van der Waals surface area contributed by atoms with E-state index in [1.165, 1.54) is 26.8 Å². The maximum absolute atomic E-state index is 12.9. The summed E-state index contributed by atoms with van der Waals surface area (Å²) in [7, 11) is 0. The third-order valence-corrected chi connectivity index (χ3v) is 5.05. The Bertz CT molecular complexity index is 1260. The molecule has 11 nitrogen and oxygen atoms in total. The average Bonchev–Trinajstić information content (AvgIpc) is 2.91. The lowest BCUT2D eigenvalue weighted by Crippen LogP contribution is -2.33. The first-order chi connectivity index (χ1) is 18.7. The van der Waals surface area contributed by atoms with Crippen molar-refractivity contribution in [3.8, 4) is 5.88 Å². The summed E-state index contributed by atoms with van der Waals surface area (Å²) in [5.41, 5.74) is 11.2. The lowest BCUT2D eigenvalue weighted by Gasteiger charge is -2.21. The first-order valence-electron chi connectivity index (χ1n) is 11.7. The summed E-state index contributed by atoms with van der Waals surface area (Å²) in [6.07, 6.45) is -3.22. The number of amidine groups is 1. The summed E-state index contributed by atoms with van der Waals surface area (Å²) in [6.45, 7) is 7.47. The number of carbonyl (C=O) groups is 2. The fourth-order valence-electron chi connectivity index (χ4n) is 2.86. The van der Waals surface area contributed by atoms with Crippen LogP contribution in [-0.4, -0.2) is 42.1 Å². The fourth-order valence-corrected chi connectivity index (χ4v) is 2.86. The quantitative estimate of drug-likeness (QED) is 0.133. The molecule has 0 spiro atoms. The molecule has 0 aliphatic rings. The molecule has 14 heteroatoms. The molecule has 4 N–H and O–H groups in total. The van der Waals surface area contributed by atoms with Gasteiger partial charge in [0, 0.05) is 19.2 Å². The molecule has 1 aromatic carbocycles. The van der Waals surface area contributed by atoms with Crippen molar-refractivity contribution in [2.45, 2.75) is 39.6 Å². The zero-order chi connectivity index (χ0) is 29.9. The van der Waals surface area contributed by atoms with Gasteiger partial charge < -0.3 is 30.4 Å². The monoisotopic (exact) mass is 565 g/mol. The van der Waals surface area contributed by atoms with Crippen molar-refractivity contribution in [2.24, 2.45) is 27.1 Å². The minimum atomic E-state index is -4.52. The number of alkyl halides is 3. The van der Waals surface area contributed by atoms with Crippen molar-refractivity contribution in [3.05, 3.63) is 71.9 Å². The van der Waals surface area contributed by atoms with E-state index in [0.717, 1.165) is 18.3 Å². The Labute approximate surface area is 228 Å². The lowest BCUT2D eigenvalue weighted by atomic mass is 9.95. The van der Waals surface area contributed by atoms with E-state index in [1.807, 2.05) is 0 Å². The van der Waals surface area contributed by atoms with Gasteiger partial charge in [-0.25, -0.2) is 9.78 Å². The second-order valence-electron chi connectivity index (χ2n) is 8.95. The normalized spacial score (nSPS) is 13.3. The summed E-state index contributed by atoms with van der Waals surface area (Å²) in [5, 5.41) is 7.48. The van der Waals surface area contributed by atoms with Crippen LogP contribution in [0.15, 0.2) is 65.5 Å². The van der Waals surface area contributed by atoms with Gasteiger partial charge in [0.1, 0.15) is 25.7 Å². The van der Waals surface area contributed by atoms with Gasteiger partial charge in [-0.3, -0.25) is 4.79 Å². The van der Waals surface area contributed by atoms with Gasteiger partial charge in [-0.2, -0.15) is 13.2 Å². The molecule has 2 rings (SSSR count). The summed E-state index contributed by atoms with van der Waals surface area (Å²) in [4.78, 5) is 27.7. The van der Waals surface area contributed by atoms with Crippen molar-refractivity contribution in [1.82, 2.24) is 4.98 Å². The predicted octanol–water partition coefficient (Wildman–Crippen LogP) is 4.28.